The summed E-state index contributed by atoms with van der Waals surface area (Å²) in [7, 11) is 0. The van der Waals surface area contributed by atoms with E-state index in [4.69, 9.17) is 5.73 Å². The Morgan fingerprint density at radius 2 is 2.20 bits per heavy atom. The maximum Gasteiger partial charge on any atom is 0.141 e. The summed E-state index contributed by atoms with van der Waals surface area (Å²) in [4.78, 5) is 7.16. The van der Waals surface area contributed by atoms with E-state index in [1.807, 2.05) is 6.26 Å². The number of hydrogen-bond donors (Lipinski definition) is 6. The molecule has 1 fully saturated rings. The zero-order chi connectivity index (χ0) is 14.3. The number of thioether (sulfide) groups is 1. The standard InChI is InChI=1S/C12H19N5O2S/c1-20-3-6-10(18)11(19)8(17-6)5-2-14-9-7(5)15-4-16-12(9)13/h2,4,6,8,10-12,14,17-19H,3,13H2,1H3,(H,15,16). The average Bonchev–Trinajstić information content (AvgIpc) is 2.97. The van der Waals surface area contributed by atoms with Crippen LogP contribution in [0.15, 0.2) is 11.2 Å². The summed E-state index contributed by atoms with van der Waals surface area (Å²) < 4.78 is 0. The molecular weight excluding hydrogens is 278 g/mol. The minimum Gasteiger partial charge on any atom is -0.389 e. The number of anilines is 1. The maximum absolute atomic E-state index is 10.3. The normalized spacial score (nSPS) is 35.9. The second-order valence-corrected chi connectivity index (χ2v) is 6.00. The minimum absolute atomic E-state index is 0.124. The van der Waals surface area contributed by atoms with Crippen LogP contribution in [0.1, 0.15) is 23.5 Å². The molecule has 7 N–H and O–H groups in total. The van der Waals surface area contributed by atoms with Crippen molar-refractivity contribution >= 4 is 23.8 Å². The Bertz CT molecular complexity index is 520. The van der Waals surface area contributed by atoms with Crippen LogP contribution in [0.25, 0.3) is 0 Å². The van der Waals surface area contributed by atoms with Crippen molar-refractivity contribution in [2.24, 2.45) is 10.7 Å². The van der Waals surface area contributed by atoms with Crippen molar-refractivity contribution in [2.75, 3.05) is 17.3 Å². The smallest absolute Gasteiger partial charge is 0.141 e. The average molecular weight is 297 g/mol. The van der Waals surface area contributed by atoms with Gasteiger partial charge in [-0.1, -0.05) is 0 Å². The fourth-order valence-electron chi connectivity index (χ4n) is 2.81. The quantitative estimate of drug-likeness (QED) is 0.449. The van der Waals surface area contributed by atoms with E-state index in [2.05, 4.69) is 20.6 Å². The Morgan fingerprint density at radius 3 is 2.95 bits per heavy atom. The highest BCUT2D eigenvalue weighted by Gasteiger charge is 2.43. The molecule has 0 amide bonds. The molecule has 1 aromatic heterocycles. The summed E-state index contributed by atoms with van der Waals surface area (Å²) in [6.45, 7) is 0. The molecule has 7 nitrogen and oxygen atoms in total. The summed E-state index contributed by atoms with van der Waals surface area (Å²) in [6.07, 6.45) is 3.30. The van der Waals surface area contributed by atoms with E-state index in [1.165, 1.54) is 0 Å². The van der Waals surface area contributed by atoms with E-state index in [9.17, 15) is 10.2 Å². The van der Waals surface area contributed by atoms with E-state index in [-0.39, 0.29) is 12.1 Å². The van der Waals surface area contributed by atoms with Gasteiger partial charge in [-0.15, -0.1) is 0 Å². The van der Waals surface area contributed by atoms with Gasteiger partial charge in [0, 0.05) is 23.6 Å². The van der Waals surface area contributed by atoms with Gasteiger partial charge < -0.3 is 31.6 Å². The summed E-state index contributed by atoms with van der Waals surface area (Å²) in [6, 6.07) is -0.449. The van der Waals surface area contributed by atoms with Crippen LogP contribution in [-0.4, -0.2) is 51.8 Å². The number of fused-ring (bicyclic) bond motifs is 1. The van der Waals surface area contributed by atoms with Crippen LogP contribution in [0.5, 0.6) is 0 Å². The highest BCUT2D eigenvalue weighted by atomic mass is 32.2. The number of rotatable bonds is 3. The fraction of sp³-hybridized carbons (Fsp3) is 0.583. The molecule has 1 saturated heterocycles. The van der Waals surface area contributed by atoms with Gasteiger partial charge in [0.1, 0.15) is 12.3 Å². The number of H-pyrrole nitrogens is 1. The molecule has 2 aliphatic rings. The number of aromatic nitrogens is 1. The van der Waals surface area contributed by atoms with Crippen LogP contribution < -0.4 is 16.4 Å². The molecule has 0 aromatic carbocycles. The molecule has 3 heterocycles. The first-order valence-corrected chi connectivity index (χ1v) is 7.89. The zero-order valence-corrected chi connectivity index (χ0v) is 11.9. The van der Waals surface area contributed by atoms with Crippen LogP contribution in [-0.2, 0) is 0 Å². The summed E-state index contributed by atoms with van der Waals surface area (Å²) in [5.74, 6) is 0.746. The van der Waals surface area contributed by atoms with Gasteiger partial charge in [-0.3, -0.25) is 4.99 Å². The molecule has 8 heteroatoms. The Balaban J connectivity index is 1.88. The van der Waals surface area contributed by atoms with E-state index < -0.39 is 18.4 Å². The first-order chi connectivity index (χ1) is 9.63. The van der Waals surface area contributed by atoms with Gasteiger partial charge in [0.2, 0.25) is 0 Å². The van der Waals surface area contributed by atoms with Crippen molar-refractivity contribution in [3.05, 3.63) is 17.5 Å². The molecule has 5 unspecified atom stereocenters. The number of aliphatic hydroxyl groups is 2. The lowest BCUT2D eigenvalue weighted by Gasteiger charge is -2.19. The van der Waals surface area contributed by atoms with Crippen molar-refractivity contribution in [3.63, 3.8) is 0 Å². The molecule has 0 spiro atoms. The molecule has 0 saturated carbocycles. The molecule has 0 bridgehead atoms. The van der Waals surface area contributed by atoms with Crippen molar-refractivity contribution in [1.29, 1.82) is 0 Å². The van der Waals surface area contributed by atoms with Gasteiger partial charge in [0.15, 0.2) is 0 Å². The summed E-state index contributed by atoms with van der Waals surface area (Å²) >= 11 is 1.63. The molecule has 110 valence electrons. The van der Waals surface area contributed by atoms with Crippen LogP contribution in [0.3, 0.4) is 0 Å². The number of aromatic amines is 1. The van der Waals surface area contributed by atoms with Gasteiger partial charge in [-0.05, 0) is 6.26 Å². The minimum atomic E-state index is -0.844. The van der Waals surface area contributed by atoms with Crippen LogP contribution in [0.2, 0.25) is 0 Å². The lowest BCUT2D eigenvalue weighted by Crippen LogP contribution is -2.34. The number of nitrogens with zero attached hydrogens (tertiary/aromatic N) is 1. The number of hydrogen-bond acceptors (Lipinski definition) is 7. The molecule has 3 rings (SSSR count). The van der Waals surface area contributed by atoms with Crippen molar-refractivity contribution in [1.82, 2.24) is 10.3 Å². The van der Waals surface area contributed by atoms with E-state index in [1.54, 1.807) is 24.3 Å². The molecular formula is C12H19N5O2S. The number of aliphatic imine (C=N–C) groups is 1. The van der Waals surface area contributed by atoms with Crippen molar-refractivity contribution in [3.8, 4) is 0 Å². The van der Waals surface area contributed by atoms with E-state index in [0.29, 0.717) is 0 Å². The summed E-state index contributed by atoms with van der Waals surface area (Å²) in [5.41, 5.74) is 8.39. The van der Waals surface area contributed by atoms with Gasteiger partial charge in [-0.25, -0.2) is 0 Å². The second-order valence-electron chi connectivity index (χ2n) is 5.09. The number of nitrogens with two attached hydrogens (primary N) is 1. The predicted octanol–water partition coefficient (Wildman–Crippen LogP) is -0.476. The lowest BCUT2D eigenvalue weighted by atomic mass is 10.0. The fourth-order valence-corrected chi connectivity index (χ4v) is 3.47. The molecule has 0 radical (unpaired) electrons. The Labute approximate surface area is 121 Å². The molecule has 1 aromatic rings. The first kappa shape index (κ1) is 13.9. The van der Waals surface area contributed by atoms with E-state index >= 15 is 0 Å². The first-order valence-electron chi connectivity index (χ1n) is 6.49. The second kappa shape index (κ2) is 5.38. The number of aliphatic hydroxyl groups excluding tert-OH is 2. The van der Waals surface area contributed by atoms with Crippen molar-refractivity contribution < 1.29 is 10.2 Å². The molecule has 0 aliphatic carbocycles. The Morgan fingerprint density at radius 1 is 1.40 bits per heavy atom. The third-order valence-corrected chi connectivity index (χ3v) is 4.55. The highest BCUT2D eigenvalue weighted by molar-refractivity contribution is 7.98. The van der Waals surface area contributed by atoms with E-state index in [0.717, 1.165) is 22.7 Å². The van der Waals surface area contributed by atoms with Gasteiger partial charge in [0.25, 0.3) is 0 Å². The molecule has 20 heavy (non-hydrogen) atoms. The van der Waals surface area contributed by atoms with Gasteiger partial charge in [-0.2, -0.15) is 11.8 Å². The zero-order valence-electron chi connectivity index (χ0n) is 11.1. The lowest BCUT2D eigenvalue weighted by molar-refractivity contribution is 0.0307. The Kier molecular flexibility index (Phi) is 3.74. The maximum atomic E-state index is 10.3. The molecule has 2 aliphatic heterocycles. The topological polar surface area (TPSA) is 119 Å². The third-order valence-electron chi connectivity index (χ3n) is 3.86. The van der Waals surface area contributed by atoms with Crippen LogP contribution >= 0.6 is 11.8 Å². The largest absolute Gasteiger partial charge is 0.389 e. The Hall–Kier alpha value is -1.06. The third kappa shape index (κ3) is 2.13. The monoisotopic (exact) mass is 297 g/mol. The van der Waals surface area contributed by atoms with Gasteiger partial charge >= 0.3 is 0 Å². The van der Waals surface area contributed by atoms with Crippen LogP contribution in [0, 0.1) is 0 Å². The number of nitrogens with one attached hydrogen (secondary N) is 3. The summed E-state index contributed by atoms with van der Waals surface area (Å²) in [5, 5.41) is 26.7. The van der Waals surface area contributed by atoms with Gasteiger partial charge in [0.05, 0.1) is 29.9 Å². The van der Waals surface area contributed by atoms with Crippen molar-refractivity contribution in [2.45, 2.75) is 30.5 Å². The molecule has 5 atom stereocenters. The SMILES string of the molecule is CSCC1NC(c2c[nH]c3c2NC=NC3N)C(O)C1O. The highest BCUT2D eigenvalue weighted by Crippen LogP contribution is 2.37. The predicted molar refractivity (Wildman–Crippen MR) is 79.9 cm³/mol. The van der Waals surface area contributed by atoms with Crippen LogP contribution in [0.4, 0.5) is 5.69 Å².